The summed E-state index contributed by atoms with van der Waals surface area (Å²) in [6, 6.07) is -1.54. The van der Waals surface area contributed by atoms with Gasteiger partial charge in [0.1, 0.15) is 12.1 Å². The number of amides is 14. The number of hydrogen-bond acceptors (Lipinski definition) is 22. The van der Waals surface area contributed by atoms with E-state index in [0.29, 0.717) is 246 Å². The lowest BCUT2D eigenvalue weighted by atomic mass is 10.0. The number of carbonyl (C=O) groups is 13. The van der Waals surface area contributed by atoms with Gasteiger partial charge in [0.2, 0.25) is 59.1 Å². The number of nitrogens with zero attached hydrogens (tertiary/aromatic N) is 1. The van der Waals surface area contributed by atoms with E-state index >= 15 is 0 Å². The van der Waals surface area contributed by atoms with Crippen LogP contribution in [0, 0.1) is 0 Å². The Morgan fingerprint density at radius 2 is 0.821 bits per heavy atom. The van der Waals surface area contributed by atoms with Gasteiger partial charge < -0.3 is 92.6 Å². The van der Waals surface area contributed by atoms with Crippen molar-refractivity contribution in [1.29, 1.82) is 0 Å². The predicted molar refractivity (Wildman–Crippen MR) is 394 cm³/mol. The highest BCUT2D eigenvalue weighted by Crippen LogP contribution is 2.33. The highest BCUT2D eigenvalue weighted by atomic mass is 32.2. The van der Waals surface area contributed by atoms with Crippen LogP contribution >= 0.6 is 11.8 Å². The molecule has 4 aliphatic rings. The van der Waals surface area contributed by atoms with Crippen LogP contribution in [-0.4, -0.2) is 254 Å². The molecule has 4 rings (SSSR count). The third kappa shape index (κ3) is 45.5. The summed E-state index contributed by atoms with van der Waals surface area (Å²) in [6.07, 6.45) is 16.3. The Morgan fingerprint density at radius 1 is 0.443 bits per heavy atom. The molecule has 0 aromatic heterocycles. The minimum absolute atomic E-state index is 0.00109. The average molecular weight is 1520 g/mol. The first-order chi connectivity index (χ1) is 51.3. The van der Waals surface area contributed by atoms with Gasteiger partial charge in [-0.05, 0) is 116 Å². The van der Waals surface area contributed by atoms with Crippen molar-refractivity contribution in [3.05, 3.63) is 12.2 Å². The van der Waals surface area contributed by atoms with Gasteiger partial charge in [-0.25, -0.2) is 15.6 Å². The molecule has 4 aliphatic heterocycles. The number of nitrogens with two attached hydrogens (primary N) is 1. The van der Waals surface area contributed by atoms with Crippen LogP contribution in [0.5, 0.6) is 0 Å². The zero-order chi connectivity index (χ0) is 76.7. The lowest BCUT2D eigenvalue weighted by molar-refractivity contribution is -0.137. The zero-order valence-electron chi connectivity index (χ0n) is 62.4. The van der Waals surface area contributed by atoms with Crippen molar-refractivity contribution in [2.75, 3.05) is 137 Å². The molecule has 5 unspecified atom stereocenters. The number of unbranched alkanes of at least 4 members (excludes halogenated alkanes) is 7. The number of thioether (sulfide) groups is 1. The Labute approximate surface area is 628 Å². The summed E-state index contributed by atoms with van der Waals surface area (Å²) in [4.78, 5) is 161. The molecule has 15 N–H and O–H groups in total. The van der Waals surface area contributed by atoms with E-state index in [1.807, 2.05) is 18.7 Å². The van der Waals surface area contributed by atoms with Crippen molar-refractivity contribution in [3.8, 4) is 0 Å². The van der Waals surface area contributed by atoms with E-state index in [2.05, 4.69) is 69.3 Å². The van der Waals surface area contributed by atoms with E-state index in [9.17, 15) is 62.3 Å². The van der Waals surface area contributed by atoms with Crippen molar-refractivity contribution >= 4 is 88.7 Å². The molecule has 0 saturated carbocycles. The summed E-state index contributed by atoms with van der Waals surface area (Å²) < 4.78 is 33.6. The smallest absolute Gasteiger partial charge is 0.315 e. The zero-order valence-corrected chi connectivity index (χ0v) is 63.2. The largest absolute Gasteiger partial charge is 0.379 e. The van der Waals surface area contributed by atoms with E-state index in [1.165, 1.54) is 17.1 Å². The third-order valence-corrected chi connectivity index (χ3v) is 19.2. The van der Waals surface area contributed by atoms with E-state index in [-0.39, 0.29) is 109 Å². The fourth-order valence-electron chi connectivity index (χ4n) is 11.3. The number of ether oxygens (including phenoxy) is 6. The molecule has 0 aromatic carbocycles. The number of carbonyl (C=O) groups excluding carboxylic acids is 13. The topological polar surface area (TPSA) is 483 Å². The Kier molecular flexibility index (Phi) is 49.1. The van der Waals surface area contributed by atoms with Crippen LogP contribution in [0.1, 0.15) is 187 Å². The SMILES string of the molecule is CC1(CCC(=O)NCCCCCC(=O)NCCCCC(NC(=O)CCC(=O)NCCCOCCOCCOCCCNC(=O)CCCCCN2C(=O)C=CC2=O)C(=O)NCCCOCCOCCOCCCNC(=O)CCC(=O)NC(CCCCNC(=O)CCCCC2SCC3NC(=O)NC32)C(N)=O)NN1. The fraction of sp³-hybridized carbons (Fsp3) is 0.789. The molecule has 0 aliphatic carbocycles. The standard InChI is InChI=1S/C71H123N15O19S/c1-71(84-85-71)31-30-62(92)75-32-10-2-4-21-57(87)73-34-12-9-19-54(81-64(94)27-25-61(91)78-37-16-42-102-45-49-104-48-44-100-40-14-35-76-58(88)22-5-3-13-39-86-65(95)28-29-66(86)96)69(98)79-38-17-43-103-47-51-105-50-46-101-41-15-36-77-60(90)24-26-63(93)80-53(68(72)97)18-8-11-33-74-59(89)23-7-6-20-56-67-55(52-106-56)82-70(99)83-67/h28-29,53-56,67,84-85H,2-27,30-52H2,1H3,(H2,72,97)(H,73,87)(H,74,89)(H,75,92)(H,76,88)(H,77,90)(H,78,91)(H,79,98)(H,80,93)(H,81,94)(H2,82,83,99). The van der Waals surface area contributed by atoms with Gasteiger partial charge in [-0.15, -0.1) is 0 Å². The number of fused-ring (bicyclic) bond motifs is 1. The third-order valence-electron chi connectivity index (χ3n) is 17.7. The van der Waals surface area contributed by atoms with Crippen molar-refractivity contribution in [2.24, 2.45) is 5.73 Å². The van der Waals surface area contributed by atoms with Gasteiger partial charge in [-0.1, -0.05) is 19.3 Å². The second-order valence-electron chi connectivity index (χ2n) is 26.8. The molecule has 4 heterocycles. The molecule has 14 amide bonds. The molecule has 3 saturated heterocycles. The number of hydrazine groups is 1. The summed E-state index contributed by atoms with van der Waals surface area (Å²) in [5, 5.41) is 31.7. The summed E-state index contributed by atoms with van der Waals surface area (Å²) in [6.45, 7) is 9.51. The lowest BCUT2D eigenvalue weighted by Crippen LogP contribution is -2.47. The van der Waals surface area contributed by atoms with E-state index in [4.69, 9.17) is 34.2 Å². The molecule has 0 radical (unpaired) electrons. The van der Waals surface area contributed by atoms with Crippen molar-refractivity contribution in [3.63, 3.8) is 0 Å². The van der Waals surface area contributed by atoms with Crippen LogP contribution < -0.4 is 75.1 Å². The summed E-state index contributed by atoms with van der Waals surface area (Å²) >= 11 is 1.85. The van der Waals surface area contributed by atoms with Crippen molar-refractivity contribution < 1.29 is 90.8 Å². The number of urea groups is 1. The normalized spacial score (nSPS) is 16.6. The maximum atomic E-state index is 13.4. The summed E-state index contributed by atoms with van der Waals surface area (Å²) in [7, 11) is 0. The van der Waals surface area contributed by atoms with Gasteiger partial charge in [0.25, 0.3) is 11.8 Å². The Balaban J connectivity index is 0.959. The van der Waals surface area contributed by atoms with Gasteiger partial charge >= 0.3 is 6.03 Å². The van der Waals surface area contributed by atoms with Crippen LogP contribution in [0.3, 0.4) is 0 Å². The highest BCUT2D eigenvalue weighted by Gasteiger charge is 2.42. The van der Waals surface area contributed by atoms with Crippen LogP contribution in [0.2, 0.25) is 0 Å². The van der Waals surface area contributed by atoms with Crippen LogP contribution in [0.4, 0.5) is 4.79 Å². The molecular weight excluding hydrogens is 1400 g/mol. The van der Waals surface area contributed by atoms with Crippen LogP contribution in [0.15, 0.2) is 12.2 Å². The second kappa shape index (κ2) is 57.1. The number of primary amides is 1. The molecule has 34 nitrogen and oxygen atoms in total. The fourth-order valence-corrected chi connectivity index (χ4v) is 12.9. The van der Waals surface area contributed by atoms with Gasteiger partial charge in [0.05, 0.1) is 70.6 Å². The van der Waals surface area contributed by atoms with E-state index < -0.39 is 29.8 Å². The maximum absolute atomic E-state index is 13.4. The van der Waals surface area contributed by atoms with Gasteiger partial charge in [0, 0.05) is 153 Å². The molecular formula is C71H123N15O19S. The second-order valence-corrected chi connectivity index (χ2v) is 28.1. The van der Waals surface area contributed by atoms with Gasteiger partial charge in [-0.3, -0.25) is 62.4 Å². The first-order valence-electron chi connectivity index (χ1n) is 38.3. The monoisotopic (exact) mass is 1520 g/mol. The Hall–Kier alpha value is -7.12. The minimum Gasteiger partial charge on any atom is -0.379 e. The number of imide groups is 1. The molecule has 106 heavy (non-hydrogen) atoms. The Morgan fingerprint density at radius 3 is 1.28 bits per heavy atom. The van der Waals surface area contributed by atoms with Crippen LogP contribution in [-0.2, 0) is 86.0 Å². The highest BCUT2D eigenvalue weighted by molar-refractivity contribution is 8.00. The molecule has 0 spiro atoms. The van der Waals surface area contributed by atoms with E-state index in [1.54, 1.807) is 0 Å². The molecule has 3 fully saturated rings. The average Bonchev–Trinajstić information content (AvgIpc) is 1.63. The number of hydrogen-bond donors (Lipinski definition) is 14. The molecule has 0 bridgehead atoms. The Bertz CT molecular complexity index is 2680. The lowest BCUT2D eigenvalue weighted by Gasteiger charge is -2.19. The van der Waals surface area contributed by atoms with Crippen molar-refractivity contribution in [2.45, 2.75) is 222 Å². The predicted octanol–water partition coefficient (Wildman–Crippen LogP) is 0.191. The summed E-state index contributed by atoms with van der Waals surface area (Å²) in [5.41, 5.74) is 11.4. The first-order valence-corrected chi connectivity index (χ1v) is 39.3. The number of rotatable bonds is 68. The summed E-state index contributed by atoms with van der Waals surface area (Å²) in [5.74, 6) is -2.48. The van der Waals surface area contributed by atoms with Crippen molar-refractivity contribution in [1.82, 2.24) is 74.2 Å². The van der Waals surface area contributed by atoms with E-state index in [0.717, 1.165) is 44.3 Å². The first kappa shape index (κ1) is 91.3. The number of nitrogens with one attached hydrogen (secondary N) is 13. The molecule has 35 heteroatoms. The maximum Gasteiger partial charge on any atom is 0.315 e. The van der Waals surface area contributed by atoms with Crippen LogP contribution in [0.25, 0.3) is 0 Å². The molecule has 0 aromatic rings. The quantitative estimate of drug-likeness (QED) is 0.0167. The van der Waals surface area contributed by atoms with Gasteiger partial charge in [0.15, 0.2) is 0 Å². The van der Waals surface area contributed by atoms with Gasteiger partial charge in [-0.2, -0.15) is 11.8 Å². The molecule has 5 atom stereocenters. The minimum atomic E-state index is -0.891. The molecule has 602 valence electrons.